The van der Waals surface area contributed by atoms with E-state index in [1.165, 1.54) is 12.8 Å². The first-order valence-corrected chi connectivity index (χ1v) is 6.77. The Morgan fingerprint density at radius 1 is 1.06 bits per heavy atom. The van der Waals surface area contributed by atoms with Crippen LogP contribution in [0.25, 0.3) is 0 Å². The summed E-state index contributed by atoms with van der Waals surface area (Å²) < 4.78 is 0. The number of hydrogen-bond acceptors (Lipinski definition) is 2. The first-order valence-electron chi connectivity index (χ1n) is 6.77. The molecule has 0 heterocycles. The van der Waals surface area contributed by atoms with Crippen LogP contribution in [0.1, 0.15) is 51.9 Å². The van der Waals surface area contributed by atoms with E-state index in [9.17, 15) is 9.59 Å². The van der Waals surface area contributed by atoms with Crippen LogP contribution in [0.3, 0.4) is 0 Å². The quantitative estimate of drug-likeness (QED) is 0.776. The molecule has 2 fully saturated rings. The van der Waals surface area contributed by atoms with Crippen molar-refractivity contribution >= 4 is 11.8 Å². The molecule has 0 spiro atoms. The Hall–Kier alpha value is -1.06. The highest BCUT2D eigenvalue weighted by atomic mass is 16.2. The molecule has 96 valence electrons. The van der Waals surface area contributed by atoms with Crippen LogP contribution in [-0.2, 0) is 9.59 Å². The lowest BCUT2D eigenvalue weighted by molar-refractivity contribution is -0.132. The van der Waals surface area contributed by atoms with Crippen molar-refractivity contribution in [1.82, 2.24) is 10.6 Å². The van der Waals surface area contributed by atoms with Gasteiger partial charge < -0.3 is 10.6 Å². The Morgan fingerprint density at radius 3 is 2.24 bits per heavy atom. The summed E-state index contributed by atoms with van der Waals surface area (Å²) >= 11 is 0. The van der Waals surface area contributed by atoms with Crippen molar-refractivity contribution in [1.29, 1.82) is 0 Å². The molecule has 4 nitrogen and oxygen atoms in total. The Kier molecular flexibility index (Phi) is 4.02. The van der Waals surface area contributed by atoms with Crippen molar-refractivity contribution in [2.45, 2.75) is 64.0 Å². The van der Waals surface area contributed by atoms with Crippen molar-refractivity contribution < 1.29 is 9.59 Å². The third-order valence-corrected chi connectivity index (χ3v) is 3.93. The Morgan fingerprint density at radius 2 is 1.71 bits per heavy atom. The molecule has 2 aliphatic carbocycles. The van der Waals surface area contributed by atoms with Gasteiger partial charge in [-0.15, -0.1) is 0 Å². The van der Waals surface area contributed by atoms with Gasteiger partial charge in [-0.05, 0) is 32.6 Å². The predicted molar refractivity (Wildman–Crippen MR) is 65.3 cm³/mol. The first kappa shape index (κ1) is 12.4. The lowest BCUT2D eigenvalue weighted by Gasteiger charge is -2.26. The Labute approximate surface area is 103 Å². The molecule has 2 N–H and O–H groups in total. The van der Waals surface area contributed by atoms with Gasteiger partial charge in [-0.25, -0.2) is 0 Å². The second kappa shape index (κ2) is 5.52. The van der Waals surface area contributed by atoms with Crippen molar-refractivity contribution in [3.8, 4) is 0 Å². The van der Waals surface area contributed by atoms with E-state index in [1.54, 1.807) is 6.92 Å². The summed E-state index contributed by atoms with van der Waals surface area (Å²) in [6.07, 6.45) is 7.65. The van der Waals surface area contributed by atoms with E-state index in [4.69, 9.17) is 0 Å². The van der Waals surface area contributed by atoms with Crippen molar-refractivity contribution in [3.63, 3.8) is 0 Å². The summed E-state index contributed by atoms with van der Waals surface area (Å²) in [6, 6.07) is -0.0748. The minimum atomic E-state index is -0.399. The number of nitrogens with one attached hydrogen (secondary N) is 2. The van der Waals surface area contributed by atoms with Gasteiger partial charge in [-0.3, -0.25) is 9.59 Å². The minimum Gasteiger partial charge on any atom is -0.352 e. The number of hydrogen-bond donors (Lipinski definition) is 2. The highest BCUT2D eigenvalue weighted by Crippen LogP contribution is 2.26. The van der Waals surface area contributed by atoms with E-state index in [2.05, 4.69) is 10.6 Å². The number of carbonyl (C=O) groups is 2. The molecule has 0 saturated heterocycles. The first-order chi connectivity index (χ1) is 8.16. The summed E-state index contributed by atoms with van der Waals surface area (Å²) in [6.45, 7) is 1.76. The van der Waals surface area contributed by atoms with Gasteiger partial charge in [0.15, 0.2) is 0 Å². The predicted octanol–water partition coefficient (Wildman–Crippen LogP) is 1.35. The average Bonchev–Trinajstić information content (AvgIpc) is 2.67. The minimum absolute atomic E-state index is 0.0374. The average molecular weight is 238 g/mol. The fourth-order valence-corrected chi connectivity index (χ4v) is 2.46. The van der Waals surface area contributed by atoms with E-state index in [-0.39, 0.29) is 17.7 Å². The molecule has 0 aliphatic heterocycles. The zero-order valence-electron chi connectivity index (χ0n) is 10.5. The molecule has 0 aromatic rings. The van der Waals surface area contributed by atoms with Crippen molar-refractivity contribution in [2.24, 2.45) is 5.92 Å². The molecule has 2 saturated carbocycles. The van der Waals surface area contributed by atoms with Gasteiger partial charge in [-0.2, -0.15) is 0 Å². The second-order valence-electron chi connectivity index (χ2n) is 5.35. The molecule has 4 heteroatoms. The van der Waals surface area contributed by atoms with Crippen LogP contribution in [-0.4, -0.2) is 23.9 Å². The van der Waals surface area contributed by atoms with Crippen molar-refractivity contribution in [2.75, 3.05) is 0 Å². The highest BCUT2D eigenvalue weighted by molar-refractivity contribution is 5.88. The zero-order chi connectivity index (χ0) is 12.3. The van der Waals surface area contributed by atoms with Gasteiger partial charge in [0.1, 0.15) is 6.04 Å². The molecule has 17 heavy (non-hydrogen) atoms. The summed E-state index contributed by atoms with van der Waals surface area (Å²) in [7, 11) is 0. The van der Waals surface area contributed by atoms with Crippen LogP contribution in [0.4, 0.5) is 0 Å². The van der Waals surface area contributed by atoms with E-state index >= 15 is 0 Å². The Balaban J connectivity index is 1.72. The lowest BCUT2D eigenvalue weighted by Crippen LogP contribution is -2.49. The second-order valence-corrected chi connectivity index (χ2v) is 5.35. The van der Waals surface area contributed by atoms with Gasteiger partial charge in [0, 0.05) is 12.0 Å². The molecular weight excluding hydrogens is 216 g/mol. The van der Waals surface area contributed by atoms with Gasteiger partial charge in [0.25, 0.3) is 0 Å². The summed E-state index contributed by atoms with van der Waals surface area (Å²) in [4.78, 5) is 23.5. The highest BCUT2D eigenvalue weighted by Gasteiger charge is 2.28. The molecule has 0 aromatic heterocycles. The molecule has 2 amide bonds. The molecule has 1 atom stereocenters. The summed E-state index contributed by atoms with van der Waals surface area (Å²) in [5.41, 5.74) is 0. The SMILES string of the molecule is CC(NC(=O)C1CCC1)C(=O)NC1CCCC1. The zero-order valence-corrected chi connectivity index (χ0v) is 10.5. The van der Waals surface area contributed by atoms with Gasteiger partial charge in [0.05, 0.1) is 0 Å². The van der Waals surface area contributed by atoms with Gasteiger partial charge >= 0.3 is 0 Å². The molecular formula is C13H22N2O2. The molecule has 2 aliphatic rings. The van der Waals surface area contributed by atoms with Crippen LogP contribution < -0.4 is 10.6 Å². The van der Waals surface area contributed by atoms with E-state index in [0.29, 0.717) is 6.04 Å². The van der Waals surface area contributed by atoms with E-state index in [1.807, 2.05) is 0 Å². The maximum Gasteiger partial charge on any atom is 0.242 e. The van der Waals surface area contributed by atoms with Crippen molar-refractivity contribution in [3.05, 3.63) is 0 Å². The molecule has 0 radical (unpaired) electrons. The van der Waals surface area contributed by atoms with E-state index in [0.717, 1.165) is 32.1 Å². The van der Waals surface area contributed by atoms with E-state index < -0.39 is 6.04 Å². The third kappa shape index (κ3) is 3.20. The molecule has 0 aromatic carbocycles. The third-order valence-electron chi connectivity index (χ3n) is 3.93. The Bertz CT molecular complexity index is 294. The summed E-state index contributed by atoms with van der Waals surface area (Å²) in [5.74, 6) is 0.159. The summed E-state index contributed by atoms with van der Waals surface area (Å²) in [5, 5.41) is 5.81. The standard InChI is InChI=1S/C13H22N2O2/c1-9(14-13(17)10-5-4-6-10)12(16)15-11-7-2-3-8-11/h9-11H,2-8H2,1H3,(H,14,17)(H,15,16). The monoisotopic (exact) mass is 238 g/mol. The van der Waals surface area contributed by atoms with Crippen LogP contribution >= 0.6 is 0 Å². The fraction of sp³-hybridized carbons (Fsp3) is 0.846. The smallest absolute Gasteiger partial charge is 0.242 e. The van der Waals surface area contributed by atoms with Crippen LogP contribution in [0.15, 0.2) is 0 Å². The fourth-order valence-electron chi connectivity index (χ4n) is 2.46. The lowest BCUT2D eigenvalue weighted by atomic mass is 9.84. The van der Waals surface area contributed by atoms with Gasteiger partial charge in [0.2, 0.25) is 11.8 Å². The number of rotatable bonds is 4. The van der Waals surface area contributed by atoms with Crippen LogP contribution in [0, 0.1) is 5.92 Å². The van der Waals surface area contributed by atoms with Crippen LogP contribution in [0.2, 0.25) is 0 Å². The normalized spacial score (nSPS) is 22.9. The molecule has 0 bridgehead atoms. The number of carbonyl (C=O) groups excluding carboxylic acids is 2. The topological polar surface area (TPSA) is 58.2 Å². The molecule has 2 rings (SSSR count). The number of amides is 2. The maximum atomic E-state index is 11.8. The maximum absolute atomic E-state index is 11.8. The van der Waals surface area contributed by atoms with Crippen LogP contribution in [0.5, 0.6) is 0 Å². The van der Waals surface area contributed by atoms with Gasteiger partial charge in [-0.1, -0.05) is 19.3 Å². The molecule has 1 unspecified atom stereocenters. The largest absolute Gasteiger partial charge is 0.352 e.